The second kappa shape index (κ2) is 4.01. The highest BCUT2D eigenvalue weighted by Crippen LogP contribution is 2.04. The minimum Gasteiger partial charge on any atom is -0.509 e. The van der Waals surface area contributed by atoms with E-state index < -0.39 is 0 Å². The molecule has 0 aromatic rings. The fraction of sp³-hybridized carbons (Fsp3) is 0.429. The summed E-state index contributed by atoms with van der Waals surface area (Å²) in [5.41, 5.74) is 0. The van der Waals surface area contributed by atoms with E-state index in [1.165, 1.54) is 6.92 Å². The number of allylic oxidation sites excluding steroid dienone is 3. The summed E-state index contributed by atoms with van der Waals surface area (Å²) in [6, 6.07) is 0. The van der Waals surface area contributed by atoms with Crippen molar-refractivity contribution in [2.75, 3.05) is 0 Å². The second-order valence-electron chi connectivity index (χ2n) is 1.86. The molecule has 0 aromatic heterocycles. The van der Waals surface area contributed by atoms with E-state index >= 15 is 0 Å². The van der Waals surface area contributed by atoms with Crippen LogP contribution < -0.4 is 0 Å². The number of hydrogen-bond donors (Lipinski definition) is 2. The number of rotatable bonds is 3. The van der Waals surface area contributed by atoms with Gasteiger partial charge in [0.05, 0.1) is 0 Å². The molecule has 2 N–H and O–H groups in total. The third-order valence-electron chi connectivity index (χ3n) is 1.00. The number of aliphatic hydroxyl groups is 2. The van der Waals surface area contributed by atoms with E-state index in [0.29, 0.717) is 12.8 Å². The molecule has 0 aliphatic rings. The average Bonchev–Trinajstić information content (AvgIpc) is 1.82. The van der Waals surface area contributed by atoms with Crippen LogP contribution in [0.4, 0.5) is 0 Å². The molecule has 0 spiro atoms. The third-order valence-corrected chi connectivity index (χ3v) is 1.00. The van der Waals surface area contributed by atoms with E-state index in [4.69, 9.17) is 10.2 Å². The van der Waals surface area contributed by atoms with E-state index in [1.54, 1.807) is 6.08 Å². The minimum absolute atomic E-state index is 0.00292. The standard InChI is InChI=1S/C7H12O2/c1-3-4-5-7(9)6(2)8/h3,8-9H,1,4-5H2,2H3. The van der Waals surface area contributed by atoms with Crippen LogP contribution in [-0.2, 0) is 0 Å². The maximum absolute atomic E-state index is 8.84. The largest absolute Gasteiger partial charge is 0.509 e. The molecule has 0 heterocycles. The molecule has 9 heavy (non-hydrogen) atoms. The summed E-state index contributed by atoms with van der Waals surface area (Å²) in [6.07, 6.45) is 2.87. The second-order valence-corrected chi connectivity index (χ2v) is 1.86. The Labute approximate surface area is 55.1 Å². The lowest BCUT2D eigenvalue weighted by Gasteiger charge is -1.96. The molecule has 0 unspecified atom stereocenters. The monoisotopic (exact) mass is 128 g/mol. The highest BCUT2D eigenvalue weighted by Gasteiger charge is 1.94. The Morgan fingerprint density at radius 1 is 1.56 bits per heavy atom. The van der Waals surface area contributed by atoms with E-state index in [-0.39, 0.29) is 11.5 Å². The van der Waals surface area contributed by atoms with E-state index in [9.17, 15) is 0 Å². The zero-order chi connectivity index (χ0) is 7.28. The molecule has 0 amide bonds. The molecule has 0 atom stereocenters. The first-order valence-corrected chi connectivity index (χ1v) is 2.87. The van der Waals surface area contributed by atoms with Crippen LogP contribution in [0.1, 0.15) is 19.8 Å². The summed E-state index contributed by atoms with van der Waals surface area (Å²) in [7, 11) is 0. The van der Waals surface area contributed by atoms with Crippen LogP contribution in [-0.4, -0.2) is 10.2 Å². The van der Waals surface area contributed by atoms with Crippen LogP contribution in [0.25, 0.3) is 0 Å². The number of hydrogen-bond acceptors (Lipinski definition) is 2. The molecule has 0 rings (SSSR count). The highest BCUT2D eigenvalue weighted by atomic mass is 16.3. The van der Waals surface area contributed by atoms with Crippen LogP contribution in [0.5, 0.6) is 0 Å². The molecule has 2 nitrogen and oxygen atoms in total. The van der Waals surface area contributed by atoms with Gasteiger partial charge < -0.3 is 10.2 Å². The van der Waals surface area contributed by atoms with Crippen molar-refractivity contribution in [2.24, 2.45) is 0 Å². The van der Waals surface area contributed by atoms with Crippen LogP contribution in [0.15, 0.2) is 24.2 Å². The summed E-state index contributed by atoms with van der Waals surface area (Å²) in [6.45, 7) is 4.93. The molecule has 0 aliphatic heterocycles. The number of aliphatic hydroxyl groups excluding tert-OH is 2. The van der Waals surface area contributed by atoms with Gasteiger partial charge in [0.2, 0.25) is 0 Å². The fourth-order valence-electron chi connectivity index (χ4n) is 0.420. The topological polar surface area (TPSA) is 40.5 Å². The first-order chi connectivity index (χ1) is 4.18. The van der Waals surface area contributed by atoms with Gasteiger partial charge in [-0.15, -0.1) is 6.58 Å². The lowest BCUT2D eigenvalue weighted by atomic mass is 10.2. The van der Waals surface area contributed by atoms with Gasteiger partial charge in [-0.3, -0.25) is 0 Å². The quantitative estimate of drug-likeness (QED) is 0.452. The summed E-state index contributed by atoms with van der Waals surface area (Å²) >= 11 is 0. The summed E-state index contributed by atoms with van der Waals surface area (Å²) in [5.74, 6) is 0.0479. The van der Waals surface area contributed by atoms with Gasteiger partial charge in [0.25, 0.3) is 0 Å². The molecule has 0 saturated heterocycles. The normalized spacial score (nSPS) is 12.6. The van der Waals surface area contributed by atoms with Crippen molar-refractivity contribution in [3.05, 3.63) is 24.2 Å². The van der Waals surface area contributed by atoms with Gasteiger partial charge in [0.1, 0.15) is 11.5 Å². The maximum Gasteiger partial charge on any atom is 0.130 e. The first-order valence-electron chi connectivity index (χ1n) is 2.87. The maximum atomic E-state index is 8.84. The molecule has 52 valence electrons. The van der Waals surface area contributed by atoms with Gasteiger partial charge in [-0.1, -0.05) is 6.08 Å². The Hall–Kier alpha value is -0.920. The molecule has 2 heteroatoms. The average molecular weight is 128 g/mol. The van der Waals surface area contributed by atoms with Crippen molar-refractivity contribution in [3.63, 3.8) is 0 Å². The van der Waals surface area contributed by atoms with Crippen LogP contribution in [0.3, 0.4) is 0 Å². The van der Waals surface area contributed by atoms with Crippen molar-refractivity contribution in [3.8, 4) is 0 Å². The molecule has 0 radical (unpaired) electrons. The Morgan fingerprint density at radius 3 is 2.44 bits per heavy atom. The van der Waals surface area contributed by atoms with E-state index in [0.717, 1.165) is 0 Å². The SMILES string of the molecule is C=CCCC(O)=C(C)O. The van der Waals surface area contributed by atoms with Crippen LogP contribution >= 0.6 is 0 Å². The van der Waals surface area contributed by atoms with Crippen molar-refractivity contribution >= 4 is 0 Å². The molecule has 0 aliphatic carbocycles. The minimum atomic E-state index is -0.00292. The Morgan fingerprint density at radius 2 is 2.11 bits per heavy atom. The molecule has 0 bridgehead atoms. The van der Waals surface area contributed by atoms with E-state index in [1.807, 2.05) is 0 Å². The van der Waals surface area contributed by atoms with Gasteiger partial charge in [-0.05, 0) is 13.3 Å². The van der Waals surface area contributed by atoms with Gasteiger partial charge in [0.15, 0.2) is 0 Å². The van der Waals surface area contributed by atoms with Gasteiger partial charge >= 0.3 is 0 Å². The van der Waals surface area contributed by atoms with Crippen molar-refractivity contribution in [1.82, 2.24) is 0 Å². The van der Waals surface area contributed by atoms with Crippen LogP contribution in [0, 0.1) is 0 Å². The summed E-state index contributed by atoms with van der Waals surface area (Å²) in [4.78, 5) is 0. The first kappa shape index (κ1) is 8.08. The smallest absolute Gasteiger partial charge is 0.130 e. The molecular weight excluding hydrogens is 116 g/mol. The molecule has 0 saturated carbocycles. The third kappa shape index (κ3) is 3.64. The van der Waals surface area contributed by atoms with Crippen LogP contribution in [0.2, 0.25) is 0 Å². The molecule has 0 fully saturated rings. The summed E-state index contributed by atoms with van der Waals surface area (Å²) in [5, 5.41) is 17.5. The predicted octanol–water partition coefficient (Wildman–Crippen LogP) is 2.30. The predicted molar refractivity (Wildman–Crippen MR) is 37.4 cm³/mol. The van der Waals surface area contributed by atoms with Gasteiger partial charge in [0, 0.05) is 6.42 Å². The van der Waals surface area contributed by atoms with Crippen molar-refractivity contribution < 1.29 is 10.2 Å². The summed E-state index contributed by atoms with van der Waals surface area (Å²) < 4.78 is 0. The van der Waals surface area contributed by atoms with Gasteiger partial charge in [-0.25, -0.2) is 0 Å². The van der Waals surface area contributed by atoms with Crippen molar-refractivity contribution in [2.45, 2.75) is 19.8 Å². The Bertz CT molecular complexity index is 121. The fourth-order valence-corrected chi connectivity index (χ4v) is 0.420. The van der Waals surface area contributed by atoms with E-state index in [2.05, 4.69) is 6.58 Å². The van der Waals surface area contributed by atoms with Crippen molar-refractivity contribution in [1.29, 1.82) is 0 Å². The zero-order valence-corrected chi connectivity index (χ0v) is 5.59. The van der Waals surface area contributed by atoms with Gasteiger partial charge in [-0.2, -0.15) is 0 Å². The molecular formula is C7H12O2. The highest BCUT2D eigenvalue weighted by molar-refractivity contribution is 4.95. The Balaban J connectivity index is 3.62. The lowest BCUT2D eigenvalue weighted by molar-refractivity contribution is 0.313. The lowest BCUT2D eigenvalue weighted by Crippen LogP contribution is -1.85. The molecule has 0 aromatic carbocycles. The Kier molecular flexibility index (Phi) is 3.60. The zero-order valence-electron chi connectivity index (χ0n) is 5.59.